The van der Waals surface area contributed by atoms with Crippen molar-refractivity contribution < 1.29 is 0 Å². The van der Waals surface area contributed by atoms with Gasteiger partial charge in [-0.05, 0) is 17.9 Å². The van der Waals surface area contributed by atoms with Crippen molar-refractivity contribution in [2.45, 2.75) is 13.5 Å². The largest absolute Gasteiger partial charge is 0.319 e. The molecule has 3 aromatic heterocycles. The molecule has 7 heteroatoms. The lowest BCUT2D eigenvalue weighted by atomic mass is 10.3. The van der Waals surface area contributed by atoms with Crippen LogP contribution in [0.1, 0.15) is 11.4 Å². The molecule has 6 nitrogen and oxygen atoms in total. The molecular weight excluding hydrogens is 250 g/mol. The Morgan fingerprint density at radius 1 is 1.39 bits per heavy atom. The summed E-state index contributed by atoms with van der Waals surface area (Å²) in [7, 11) is 1.85. The SMILES string of the molecule is Cc1csc2c(=O)n(Cc3nncn3C)cnc12. The van der Waals surface area contributed by atoms with Gasteiger partial charge in [0.05, 0.1) is 18.4 Å². The van der Waals surface area contributed by atoms with Crippen LogP contribution in [0.3, 0.4) is 0 Å². The predicted octanol–water partition coefficient (Wildman–Crippen LogP) is 0.943. The third-order valence-electron chi connectivity index (χ3n) is 2.84. The number of nitrogens with zero attached hydrogens (tertiary/aromatic N) is 5. The fourth-order valence-corrected chi connectivity index (χ4v) is 2.73. The minimum atomic E-state index is -0.0268. The number of thiophene rings is 1. The molecule has 3 heterocycles. The smallest absolute Gasteiger partial charge is 0.271 e. The molecule has 18 heavy (non-hydrogen) atoms. The summed E-state index contributed by atoms with van der Waals surface area (Å²) in [4.78, 5) is 16.6. The maximum Gasteiger partial charge on any atom is 0.271 e. The molecular formula is C11H11N5OS. The normalized spacial score (nSPS) is 11.2. The van der Waals surface area contributed by atoms with Gasteiger partial charge >= 0.3 is 0 Å². The van der Waals surface area contributed by atoms with Gasteiger partial charge in [0.25, 0.3) is 5.56 Å². The Labute approximate surface area is 107 Å². The van der Waals surface area contributed by atoms with Crippen LogP contribution in [0.5, 0.6) is 0 Å². The van der Waals surface area contributed by atoms with Gasteiger partial charge in [0.1, 0.15) is 11.0 Å². The number of rotatable bonds is 2. The first kappa shape index (κ1) is 11.1. The fraction of sp³-hybridized carbons (Fsp3) is 0.273. The summed E-state index contributed by atoms with van der Waals surface area (Å²) in [5, 5.41) is 9.71. The highest BCUT2D eigenvalue weighted by atomic mass is 32.1. The number of aromatic nitrogens is 5. The topological polar surface area (TPSA) is 65.6 Å². The molecule has 0 N–H and O–H groups in total. The highest BCUT2D eigenvalue weighted by molar-refractivity contribution is 7.17. The van der Waals surface area contributed by atoms with E-state index in [0.717, 1.165) is 16.9 Å². The van der Waals surface area contributed by atoms with Gasteiger partial charge in [-0.2, -0.15) is 0 Å². The number of fused-ring (bicyclic) bond motifs is 1. The van der Waals surface area contributed by atoms with Gasteiger partial charge in [-0.25, -0.2) is 4.98 Å². The van der Waals surface area contributed by atoms with E-state index in [4.69, 9.17) is 0 Å². The van der Waals surface area contributed by atoms with Gasteiger partial charge in [0.15, 0.2) is 5.82 Å². The van der Waals surface area contributed by atoms with Crippen molar-refractivity contribution in [2.24, 2.45) is 7.05 Å². The van der Waals surface area contributed by atoms with E-state index in [1.54, 1.807) is 21.8 Å². The summed E-state index contributed by atoms with van der Waals surface area (Å²) < 4.78 is 4.04. The molecule has 0 radical (unpaired) electrons. The molecule has 0 unspecified atom stereocenters. The molecule has 0 fully saturated rings. The fourth-order valence-electron chi connectivity index (χ4n) is 1.78. The van der Waals surface area contributed by atoms with Crippen LogP contribution in [0.2, 0.25) is 0 Å². The molecule has 0 amide bonds. The molecule has 0 aliphatic rings. The van der Waals surface area contributed by atoms with Gasteiger partial charge in [-0.15, -0.1) is 21.5 Å². The zero-order valence-electron chi connectivity index (χ0n) is 9.99. The van der Waals surface area contributed by atoms with E-state index in [9.17, 15) is 4.79 Å². The Morgan fingerprint density at radius 3 is 2.94 bits per heavy atom. The highest BCUT2D eigenvalue weighted by Gasteiger charge is 2.10. The van der Waals surface area contributed by atoms with E-state index in [0.29, 0.717) is 11.2 Å². The van der Waals surface area contributed by atoms with Crippen LogP contribution in [-0.4, -0.2) is 24.3 Å². The van der Waals surface area contributed by atoms with Crippen molar-refractivity contribution in [3.8, 4) is 0 Å². The Morgan fingerprint density at radius 2 is 2.22 bits per heavy atom. The lowest BCUT2D eigenvalue weighted by Gasteiger charge is -2.04. The van der Waals surface area contributed by atoms with Gasteiger partial charge < -0.3 is 4.57 Å². The molecule has 0 saturated heterocycles. The lowest BCUT2D eigenvalue weighted by molar-refractivity contribution is 0.671. The quantitative estimate of drug-likeness (QED) is 0.688. The van der Waals surface area contributed by atoms with Crippen LogP contribution in [0.15, 0.2) is 22.8 Å². The minimum Gasteiger partial charge on any atom is -0.319 e. The molecule has 0 aliphatic heterocycles. The van der Waals surface area contributed by atoms with Crippen molar-refractivity contribution in [1.29, 1.82) is 0 Å². The second kappa shape index (κ2) is 4.02. The van der Waals surface area contributed by atoms with E-state index < -0.39 is 0 Å². The third kappa shape index (κ3) is 1.63. The highest BCUT2D eigenvalue weighted by Crippen LogP contribution is 2.19. The first-order valence-electron chi connectivity index (χ1n) is 5.43. The molecule has 0 aliphatic carbocycles. The predicted molar refractivity (Wildman–Crippen MR) is 68.7 cm³/mol. The summed E-state index contributed by atoms with van der Waals surface area (Å²) in [6, 6.07) is 0. The minimum absolute atomic E-state index is 0.0268. The van der Waals surface area contributed by atoms with Crippen molar-refractivity contribution in [1.82, 2.24) is 24.3 Å². The van der Waals surface area contributed by atoms with Crippen LogP contribution in [0, 0.1) is 6.92 Å². The number of aryl methyl sites for hydroxylation is 2. The third-order valence-corrected chi connectivity index (χ3v) is 3.92. The standard InChI is InChI=1S/C11H11N5OS/c1-7-4-18-10-9(7)12-5-16(11(10)17)3-8-14-13-6-15(8)2/h4-6H,3H2,1-2H3. The van der Waals surface area contributed by atoms with Crippen LogP contribution in [0.4, 0.5) is 0 Å². The average molecular weight is 261 g/mol. The summed E-state index contributed by atoms with van der Waals surface area (Å²) in [5.41, 5.74) is 1.80. The Kier molecular flexibility index (Phi) is 2.48. The molecule has 3 aromatic rings. The Hall–Kier alpha value is -2.02. The Balaban J connectivity index is 2.11. The van der Waals surface area contributed by atoms with Crippen molar-refractivity contribution in [3.63, 3.8) is 0 Å². The first-order chi connectivity index (χ1) is 8.66. The number of hydrogen-bond donors (Lipinski definition) is 0. The molecule has 3 rings (SSSR count). The van der Waals surface area contributed by atoms with Crippen molar-refractivity contribution in [3.05, 3.63) is 39.8 Å². The molecule has 0 aromatic carbocycles. The van der Waals surface area contributed by atoms with E-state index in [1.807, 2.05) is 19.4 Å². The summed E-state index contributed by atoms with van der Waals surface area (Å²) in [6.45, 7) is 2.34. The van der Waals surface area contributed by atoms with Gasteiger partial charge in [-0.3, -0.25) is 9.36 Å². The summed E-state index contributed by atoms with van der Waals surface area (Å²) >= 11 is 1.43. The molecule has 0 saturated carbocycles. The van der Waals surface area contributed by atoms with E-state index >= 15 is 0 Å². The summed E-state index contributed by atoms with van der Waals surface area (Å²) in [5.74, 6) is 0.728. The lowest BCUT2D eigenvalue weighted by Crippen LogP contribution is -2.21. The Bertz CT molecular complexity index is 769. The van der Waals surface area contributed by atoms with Gasteiger partial charge in [-0.1, -0.05) is 0 Å². The van der Waals surface area contributed by atoms with E-state index in [2.05, 4.69) is 15.2 Å². The van der Waals surface area contributed by atoms with Crippen LogP contribution < -0.4 is 5.56 Å². The molecule has 92 valence electrons. The maximum absolute atomic E-state index is 12.3. The van der Waals surface area contributed by atoms with Gasteiger partial charge in [0.2, 0.25) is 0 Å². The monoisotopic (exact) mass is 261 g/mol. The van der Waals surface area contributed by atoms with Crippen LogP contribution >= 0.6 is 11.3 Å². The van der Waals surface area contributed by atoms with Crippen LogP contribution in [-0.2, 0) is 13.6 Å². The van der Waals surface area contributed by atoms with Gasteiger partial charge in [0, 0.05) is 7.05 Å². The number of hydrogen-bond acceptors (Lipinski definition) is 5. The second-order valence-electron chi connectivity index (χ2n) is 4.13. The molecule has 0 spiro atoms. The molecule has 0 bridgehead atoms. The molecule has 0 atom stereocenters. The van der Waals surface area contributed by atoms with Crippen molar-refractivity contribution in [2.75, 3.05) is 0 Å². The average Bonchev–Trinajstić information content (AvgIpc) is 2.91. The second-order valence-corrected chi connectivity index (χ2v) is 5.01. The zero-order valence-corrected chi connectivity index (χ0v) is 10.8. The summed E-state index contributed by atoms with van der Waals surface area (Å²) in [6.07, 6.45) is 3.18. The zero-order chi connectivity index (χ0) is 12.7. The van der Waals surface area contributed by atoms with Crippen molar-refractivity contribution >= 4 is 21.6 Å². The van der Waals surface area contributed by atoms with E-state index in [-0.39, 0.29) is 5.56 Å². The van der Waals surface area contributed by atoms with E-state index in [1.165, 1.54) is 11.3 Å². The van der Waals surface area contributed by atoms with Crippen LogP contribution in [0.25, 0.3) is 10.2 Å². The first-order valence-corrected chi connectivity index (χ1v) is 6.31. The maximum atomic E-state index is 12.3.